The number of carbonyl (C=O) groups is 6. The lowest BCUT2D eigenvalue weighted by molar-refractivity contribution is -0.144. The van der Waals surface area contributed by atoms with Gasteiger partial charge in [-0.15, -0.1) is 0 Å². The maximum Gasteiger partial charge on any atom is 0.326 e. The summed E-state index contributed by atoms with van der Waals surface area (Å²) in [6.07, 6.45) is 0.314. The van der Waals surface area contributed by atoms with E-state index in [2.05, 4.69) is 10.6 Å². The molecule has 0 aliphatic heterocycles. The average Bonchev–Trinajstić information content (AvgIpc) is 2.69. The molecule has 0 radical (unpaired) electrons. The molecule has 0 bridgehead atoms. The van der Waals surface area contributed by atoms with Crippen LogP contribution in [0.2, 0.25) is 0 Å². The SMILES string of the molecule is CC(C)C(NC(=O)C(N)CCCCN)C(=O)NC(CC(N)=O)C(=O)NC(CC(N)=O)C(=O)O. The number of carboxylic acid groups (broad SMARTS) is 1. The molecular formula is C19H35N7O7. The van der Waals surface area contributed by atoms with Gasteiger partial charge in [-0.2, -0.15) is 0 Å². The predicted molar refractivity (Wildman–Crippen MR) is 117 cm³/mol. The van der Waals surface area contributed by atoms with Gasteiger partial charge in [0.05, 0.1) is 18.9 Å². The van der Waals surface area contributed by atoms with E-state index in [1.54, 1.807) is 13.8 Å². The lowest BCUT2D eigenvalue weighted by Gasteiger charge is -2.26. The van der Waals surface area contributed by atoms with Crippen LogP contribution in [0.5, 0.6) is 0 Å². The first-order chi connectivity index (χ1) is 15.3. The number of unbranched alkanes of at least 4 members (excludes halogenated alkanes) is 1. The minimum atomic E-state index is -1.67. The van der Waals surface area contributed by atoms with Gasteiger partial charge in [0.25, 0.3) is 0 Å². The van der Waals surface area contributed by atoms with Crippen molar-refractivity contribution in [2.75, 3.05) is 6.54 Å². The number of nitrogens with one attached hydrogen (secondary N) is 3. The maximum absolute atomic E-state index is 12.8. The summed E-state index contributed by atoms with van der Waals surface area (Å²) in [4.78, 5) is 71.3. The standard InChI is InChI=1S/C19H35N7O7/c1-9(2)15(26-16(29)10(21)5-3-4-6-20)18(31)24-11(7-13(22)27)17(30)25-12(19(32)33)8-14(23)28/h9-12,15H,3-8,20-21H2,1-2H3,(H2,22,27)(H2,23,28)(H,24,31)(H,25,30)(H,26,29)(H,32,33). The smallest absolute Gasteiger partial charge is 0.326 e. The van der Waals surface area contributed by atoms with Gasteiger partial charge in [0.1, 0.15) is 18.1 Å². The van der Waals surface area contributed by atoms with Gasteiger partial charge in [-0.05, 0) is 25.3 Å². The number of aliphatic carboxylic acids is 1. The minimum Gasteiger partial charge on any atom is -0.480 e. The third-order valence-electron chi connectivity index (χ3n) is 4.61. The van der Waals surface area contributed by atoms with Crippen LogP contribution in [0, 0.1) is 5.92 Å². The van der Waals surface area contributed by atoms with Crippen molar-refractivity contribution < 1.29 is 33.9 Å². The van der Waals surface area contributed by atoms with Crippen LogP contribution in [-0.4, -0.2) is 71.3 Å². The molecule has 4 atom stereocenters. The Labute approximate surface area is 191 Å². The third-order valence-corrected chi connectivity index (χ3v) is 4.61. The van der Waals surface area contributed by atoms with E-state index in [0.717, 1.165) is 0 Å². The van der Waals surface area contributed by atoms with Crippen LogP contribution >= 0.6 is 0 Å². The molecule has 188 valence electrons. The molecule has 14 nitrogen and oxygen atoms in total. The van der Waals surface area contributed by atoms with Crippen molar-refractivity contribution in [3.8, 4) is 0 Å². The highest BCUT2D eigenvalue weighted by Crippen LogP contribution is 2.06. The summed E-state index contributed by atoms with van der Waals surface area (Å²) in [5.41, 5.74) is 21.4. The van der Waals surface area contributed by atoms with Gasteiger partial charge in [0.2, 0.25) is 29.5 Å². The van der Waals surface area contributed by atoms with Gasteiger partial charge in [0, 0.05) is 0 Å². The fourth-order valence-electron chi connectivity index (χ4n) is 2.78. The summed E-state index contributed by atoms with van der Waals surface area (Å²) in [5, 5.41) is 16.0. The number of rotatable bonds is 16. The van der Waals surface area contributed by atoms with E-state index in [1.807, 2.05) is 5.32 Å². The van der Waals surface area contributed by atoms with E-state index in [0.29, 0.717) is 25.8 Å². The zero-order valence-electron chi connectivity index (χ0n) is 18.8. The first kappa shape index (κ1) is 29.7. The van der Waals surface area contributed by atoms with E-state index < -0.39 is 78.4 Å². The Balaban J connectivity index is 5.38. The summed E-state index contributed by atoms with van der Waals surface area (Å²) in [5.74, 6) is -6.36. The second-order valence-corrected chi connectivity index (χ2v) is 7.92. The average molecular weight is 474 g/mol. The number of primary amides is 2. The molecule has 0 aromatic carbocycles. The molecule has 0 aliphatic rings. The minimum absolute atomic E-state index is 0.360. The first-order valence-corrected chi connectivity index (χ1v) is 10.5. The number of carboxylic acids is 1. The Morgan fingerprint density at radius 3 is 1.76 bits per heavy atom. The largest absolute Gasteiger partial charge is 0.480 e. The summed E-state index contributed by atoms with van der Waals surface area (Å²) in [6, 6.07) is -5.21. The molecule has 14 heteroatoms. The van der Waals surface area contributed by atoms with E-state index in [-0.39, 0.29) is 0 Å². The molecule has 0 aromatic heterocycles. The van der Waals surface area contributed by atoms with E-state index in [9.17, 15) is 28.8 Å². The lowest BCUT2D eigenvalue weighted by atomic mass is 10.0. The number of nitrogens with two attached hydrogens (primary N) is 4. The quantitative estimate of drug-likeness (QED) is 0.103. The van der Waals surface area contributed by atoms with Crippen molar-refractivity contribution >= 4 is 35.5 Å². The second-order valence-electron chi connectivity index (χ2n) is 7.92. The van der Waals surface area contributed by atoms with Crippen molar-refractivity contribution in [1.82, 2.24) is 16.0 Å². The van der Waals surface area contributed by atoms with E-state index in [4.69, 9.17) is 28.0 Å². The molecule has 0 saturated heterocycles. The molecule has 5 amide bonds. The highest BCUT2D eigenvalue weighted by Gasteiger charge is 2.32. The van der Waals surface area contributed by atoms with Crippen LogP contribution in [0.4, 0.5) is 0 Å². The van der Waals surface area contributed by atoms with Gasteiger partial charge in [-0.25, -0.2) is 4.79 Å². The molecule has 0 aliphatic carbocycles. The van der Waals surface area contributed by atoms with Crippen molar-refractivity contribution in [2.45, 2.75) is 70.1 Å². The van der Waals surface area contributed by atoms with Crippen LogP contribution in [0.15, 0.2) is 0 Å². The Bertz CT molecular complexity index is 729. The molecule has 0 aromatic rings. The highest BCUT2D eigenvalue weighted by atomic mass is 16.4. The second kappa shape index (κ2) is 14.7. The molecule has 0 fully saturated rings. The summed E-state index contributed by atoms with van der Waals surface area (Å²) < 4.78 is 0. The maximum atomic E-state index is 12.8. The van der Waals surface area contributed by atoms with Crippen molar-refractivity contribution in [2.24, 2.45) is 28.9 Å². The topological polar surface area (TPSA) is 263 Å². The van der Waals surface area contributed by atoms with Crippen LogP contribution in [0.1, 0.15) is 46.0 Å². The molecule has 0 rings (SSSR count). The van der Waals surface area contributed by atoms with Gasteiger partial charge in [0.15, 0.2) is 0 Å². The summed E-state index contributed by atoms with van der Waals surface area (Å²) >= 11 is 0. The number of hydrogen-bond donors (Lipinski definition) is 8. The molecular weight excluding hydrogens is 438 g/mol. The molecule has 0 saturated carbocycles. The van der Waals surface area contributed by atoms with Gasteiger partial charge >= 0.3 is 5.97 Å². The zero-order chi connectivity index (χ0) is 25.7. The fraction of sp³-hybridized carbons (Fsp3) is 0.684. The van der Waals surface area contributed by atoms with Crippen molar-refractivity contribution in [3.63, 3.8) is 0 Å². The Kier molecular flexibility index (Phi) is 13.3. The lowest BCUT2D eigenvalue weighted by Crippen LogP contribution is -2.59. The van der Waals surface area contributed by atoms with E-state index >= 15 is 0 Å². The Morgan fingerprint density at radius 2 is 1.30 bits per heavy atom. The van der Waals surface area contributed by atoms with Crippen molar-refractivity contribution in [3.05, 3.63) is 0 Å². The normalized spacial score (nSPS) is 14.5. The van der Waals surface area contributed by atoms with Gasteiger partial charge < -0.3 is 44.0 Å². The Hall–Kier alpha value is -3.26. The van der Waals surface area contributed by atoms with E-state index in [1.165, 1.54) is 0 Å². The van der Waals surface area contributed by atoms with Gasteiger partial charge in [-0.1, -0.05) is 20.3 Å². The van der Waals surface area contributed by atoms with Crippen molar-refractivity contribution in [1.29, 1.82) is 0 Å². The molecule has 4 unspecified atom stereocenters. The number of carbonyl (C=O) groups excluding carboxylic acids is 5. The summed E-state index contributed by atoms with van der Waals surface area (Å²) in [6.45, 7) is 3.73. The molecule has 33 heavy (non-hydrogen) atoms. The Morgan fingerprint density at radius 1 is 0.788 bits per heavy atom. The highest BCUT2D eigenvalue weighted by molar-refractivity contribution is 5.96. The third kappa shape index (κ3) is 11.8. The van der Waals surface area contributed by atoms with Gasteiger partial charge in [-0.3, -0.25) is 24.0 Å². The van der Waals surface area contributed by atoms with Crippen LogP contribution in [0.25, 0.3) is 0 Å². The number of amides is 5. The summed E-state index contributed by atoms with van der Waals surface area (Å²) in [7, 11) is 0. The predicted octanol–water partition coefficient (Wildman–Crippen LogP) is -3.61. The van der Waals surface area contributed by atoms with Crippen LogP contribution in [0.3, 0.4) is 0 Å². The first-order valence-electron chi connectivity index (χ1n) is 10.5. The molecule has 0 spiro atoms. The molecule has 0 heterocycles. The van der Waals surface area contributed by atoms with Crippen LogP contribution in [-0.2, 0) is 28.8 Å². The monoisotopic (exact) mass is 473 g/mol. The van der Waals surface area contributed by atoms with Crippen LogP contribution < -0.4 is 38.9 Å². The number of hydrogen-bond acceptors (Lipinski definition) is 8. The fourth-order valence-corrected chi connectivity index (χ4v) is 2.78. The molecule has 12 N–H and O–H groups in total. The zero-order valence-corrected chi connectivity index (χ0v) is 18.8.